The molecule has 1 atom stereocenters. The number of carbonyl (C=O) groups is 2. The summed E-state index contributed by atoms with van der Waals surface area (Å²) in [5.74, 6) is -0.610. The lowest BCUT2D eigenvalue weighted by Crippen LogP contribution is -2.40. The van der Waals surface area contributed by atoms with Gasteiger partial charge in [-0.1, -0.05) is 84.4 Å². The predicted molar refractivity (Wildman–Crippen MR) is 159 cm³/mol. The summed E-state index contributed by atoms with van der Waals surface area (Å²) in [6.07, 6.45) is 0.703. The zero-order valence-electron chi connectivity index (χ0n) is 21.9. The third kappa shape index (κ3) is 3.97. The maximum Gasteiger partial charge on any atom is 0.265 e. The average Bonchev–Trinajstić information content (AvgIpc) is 3.43. The topological polar surface area (TPSA) is 84.5 Å². The Bertz CT molecular complexity index is 1760. The summed E-state index contributed by atoms with van der Waals surface area (Å²) in [6.45, 7) is 1.98. The van der Waals surface area contributed by atoms with E-state index in [0.717, 1.165) is 27.9 Å². The molecule has 0 saturated carbocycles. The van der Waals surface area contributed by atoms with Gasteiger partial charge in [0.2, 0.25) is 0 Å². The summed E-state index contributed by atoms with van der Waals surface area (Å²) in [6, 6.07) is 37.6. The van der Waals surface area contributed by atoms with E-state index in [0.29, 0.717) is 28.6 Å². The Balaban J connectivity index is 0.00000289. The number of hydrazone groups is 1. The molecule has 0 aromatic heterocycles. The van der Waals surface area contributed by atoms with Gasteiger partial charge in [-0.2, -0.15) is 5.10 Å². The molecule has 2 heterocycles. The first-order chi connectivity index (χ1) is 19.1. The fourth-order valence-electron chi connectivity index (χ4n) is 5.70. The molecule has 2 aliphatic rings. The minimum absolute atomic E-state index is 0. The zero-order valence-corrected chi connectivity index (χ0v) is 21.9. The summed E-state index contributed by atoms with van der Waals surface area (Å²) >= 11 is 0. The average molecular weight is 526 g/mol. The highest BCUT2D eigenvalue weighted by Crippen LogP contribution is 2.40. The van der Waals surface area contributed by atoms with Crippen LogP contribution < -0.4 is 9.91 Å². The highest BCUT2D eigenvalue weighted by molar-refractivity contribution is 6.36. The first-order valence-corrected chi connectivity index (χ1v) is 13.1. The lowest BCUT2D eigenvalue weighted by Gasteiger charge is -2.28. The van der Waals surface area contributed by atoms with E-state index in [1.165, 1.54) is 10.5 Å². The summed E-state index contributed by atoms with van der Waals surface area (Å²) in [5, 5.41) is 8.77. The Morgan fingerprint density at radius 1 is 0.650 bits per heavy atom. The van der Waals surface area contributed by atoms with E-state index < -0.39 is 0 Å². The Morgan fingerprint density at radius 3 is 1.98 bits per heavy atom. The van der Waals surface area contributed by atoms with E-state index in [2.05, 4.69) is 41.4 Å². The van der Waals surface area contributed by atoms with Gasteiger partial charge >= 0.3 is 0 Å². The smallest absolute Gasteiger partial charge is 0.265 e. The molecule has 5 aromatic carbocycles. The summed E-state index contributed by atoms with van der Waals surface area (Å²) in [4.78, 5) is 28.6. The predicted octanol–water partition coefficient (Wildman–Crippen LogP) is 6.48. The second kappa shape index (κ2) is 9.91. The molecule has 40 heavy (non-hydrogen) atoms. The van der Waals surface area contributed by atoms with Crippen molar-refractivity contribution >= 4 is 39.7 Å². The third-order valence-corrected chi connectivity index (χ3v) is 7.63. The zero-order chi connectivity index (χ0) is 26.5. The molecular weight excluding hydrogens is 498 g/mol. The summed E-state index contributed by atoms with van der Waals surface area (Å²) in [7, 11) is 0. The van der Waals surface area contributed by atoms with Crippen molar-refractivity contribution < 1.29 is 15.1 Å². The van der Waals surface area contributed by atoms with E-state index in [9.17, 15) is 9.59 Å². The Morgan fingerprint density at radius 2 is 1.27 bits per heavy atom. The minimum atomic E-state index is -0.305. The van der Waals surface area contributed by atoms with Gasteiger partial charge in [0, 0.05) is 28.5 Å². The van der Waals surface area contributed by atoms with E-state index >= 15 is 0 Å². The van der Waals surface area contributed by atoms with Crippen LogP contribution in [0, 0.1) is 6.92 Å². The largest absolute Gasteiger partial charge is 0.412 e. The van der Waals surface area contributed by atoms with Crippen LogP contribution in [0.4, 0.5) is 11.4 Å². The number of imide groups is 1. The molecule has 0 aliphatic carbocycles. The fourth-order valence-corrected chi connectivity index (χ4v) is 5.70. The number of benzene rings is 5. The van der Waals surface area contributed by atoms with Crippen LogP contribution in [0.2, 0.25) is 0 Å². The molecule has 1 unspecified atom stereocenters. The van der Waals surface area contributed by atoms with Crippen LogP contribution in [-0.4, -0.2) is 23.0 Å². The lowest BCUT2D eigenvalue weighted by atomic mass is 9.88. The normalized spacial score (nSPS) is 16.2. The number of rotatable bonds is 4. The van der Waals surface area contributed by atoms with Crippen molar-refractivity contribution in [3.8, 4) is 0 Å². The molecule has 0 bridgehead atoms. The molecular formula is C34H27N3O3. The van der Waals surface area contributed by atoms with Crippen LogP contribution in [0.5, 0.6) is 0 Å². The lowest BCUT2D eigenvalue weighted by molar-refractivity contribution is 0.0893. The molecule has 2 aliphatic heterocycles. The molecule has 5 aromatic rings. The van der Waals surface area contributed by atoms with Gasteiger partial charge in [0.25, 0.3) is 11.8 Å². The number of aryl methyl sites for hydroxylation is 1. The maximum absolute atomic E-state index is 13.7. The van der Waals surface area contributed by atoms with Gasteiger partial charge in [0.15, 0.2) is 0 Å². The molecule has 7 rings (SSSR count). The quantitative estimate of drug-likeness (QED) is 0.252. The molecule has 2 N–H and O–H groups in total. The first kappa shape index (κ1) is 25.2. The van der Waals surface area contributed by atoms with E-state index in [1.807, 2.05) is 85.8 Å². The van der Waals surface area contributed by atoms with Gasteiger partial charge in [0.1, 0.15) is 0 Å². The molecule has 0 radical (unpaired) electrons. The van der Waals surface area contributed by atoms with Crippen LogP contribution in [0.1, 0.15) is 49.9 Å². The van der Waals surface area contributed by atoms with Gasteiger partial charge in [-0.15, -0.1) is 0 Å². The molecule has 196 valence electrons. The SMILES string of the molecule is Cc1ccc(N2C(=O)c3cccc4c(C5=NN(c6ccccc6)C(c6ccccc6)C5)ccc(c34)C2=O)cc1.O. The molecule has 2 amide bonds. The van der Waals surface area contributed by atoms with Crippen molar-refractivity contribution in [2.45, 2.75) is 19.4 Å². The first-order valence-electron chi connectivity index (χ1n) is 13.1. The number of amides is 2. The number of nitrogens with zero attached hydrogens (tertiary/aromatic N) is 3. The number of para-hydroxylation sites is 1. The van der Waals surface area contributed by atoms with Crippen molar-refractivity contribution in [2.24, 2.45) is 5.10 Å². The van der Waals surface area contributed by atoms with Crippen molar-refractivity contribution in [3.63, 3.8) is 0 Å². The highest BCUT2D eigenvalue weighted by Gasteiger charge is 2.36. The van der Waals surface area contributed by atoms with Gasteiger partial charge < -0.3 is 5.48 Å². The van der Waals surface area contributed by atoms with Crippen LogP contribution in [0.15, 0.2) is 120 Å². The minimum Gasteiger partial charge on any atom is -0.412 e. The van der Waals surface area contributed by atoms with Gasteiger partial charge in [-0.3, -0.25) is 14.6 Å². The standard InChI is InChI=1S/C34H25N3O2.H2O/c1-22-15-17-24(18-16-22)36-33(38)28-14-8-13-27-26(19-20-29(32(27)28)34(36)39)30-21-31(23-9-4-2-5-10-23)37(35-30)25-11-6-3-7-12-25;/h2-20,31H,21H2,1H3;1H2. The van der Waals surface area contributed by atoms with E-state index in [-0.39, 0.29) is 23.3 Å². The fraction of sp³-hybridized carbons (Fsp3) is 0.0882. The molecule has 0 spiro atoms. The molecule has 6 nitrogen and oxygen atoms in total. The van der Waals surface area contributed by atoms with E-state index in [1.54, 1.807) is 0 Å². The van der Waals surface area contributed by atoms with Crippen LogP contribution in [0.3, 0.4) is 0 Å². The van der Waals surface area contributed by atoms with Crippen LogP contribution >= 0.6 is 0 Å². The van der Waals surface area contributed by atoms with Crippen LogP contribution in [0.25, 0.3) is 10.8 Å². The molecule has 0 saturated heterocycles. The number of anilines is 2. The van der Waals surface area contributed by atoms with Crippen LogP contribution in [-0.2, 0) is 0 Å². The number of hydrogen-bond donors (Lipinski definition) is 0. The van der Waals surface area contributed by atoms with E-state index in [4.69, 9.17) is 5.10 Å². The Hall–Kier alpha value is -5.07. The Labute approximate surface area is 232 Å². The van der Waals surface area contributed by atoms with Crippen molar-refractivity contribution in [3.05, 3.63) is 143 Å². The number of carbonyl (C=O) groups excluding carboxylic acids is 2. The van der Waals surface area contributed by atoms with Gasteiger partial charge in [-0.05, 0) is 54.3 Å². The second-order valence-electron chi connectivity index (χ2n) is 10.0. The monoisotopic (exact) mass is 525 g/mol. The van der Waals surface area contributed by atoms with Crippen molar-refractivity contribution in [2.75, 3.05) is 9.91 Å². The summed E-state index contributed by atoms with van der Waals surface area (Å²) in [5.41, 5.74) is 6.78. The van der Waals surface area contributed by atoms with Gasteiger partial charge in [-0.25, -0.2) is 4.90 Å². The highest BCUT2D eigenvalue weighted by atomic mass is 16.2. The van der Waals surface area contributed by atoms with Crippen molar-refractivity contribution in [1.82, 2.24) is 0 Å². The van der Waals surface area contributed by atoms with Gasteiger partial charge in [0.05, 0.1) is 23.1 Å². The second-order valence-corrected chi connectivity index (χ2v) is 10.0. The van der Waals surface area contributed by atoms with Crippen molar-refractivity contribution in [1.29, 1.82) is 0 Å². The molecule has 0 fully saturated rings. The maximum atomic E-state index is 13.7. The number of hydrogen-bond acceptors (Lipinski definition) is 4. The molecule has 6 heteroatoms. The summed E-state index contributed by atoms with van der Waals surface area (Å²) < 4.78 is 0. The third-order valence-electron chi connectivity index (χ3n) is 7.63. The Kier molecular flexibility index (Phi) is 6.25.